The zero-order chi connectivity index (χ0) is 11.8. The molecule has 1 aliphatic carbocycles. The van der Waals surface area contributed by atoms with E-state index in [1.54, 1.807) is 11.8 Å². The molecule has 1 saturated heterocycles. The minimum Gasteiger partial charge on any atom is -0.480 e. The zero-order valence-electron chi connectivity index (χ0n) is 9.02. The fourth-order valence-electron chi connectivity index (χ4n) is 2.11. The van der Waals surface area contributed by atoms with Crippen molar-refractivity contribution in [2.45, 2.75) is 30.8 Å². The van der Waals surface area contributed by atoms with E-state index in [4.69, 9.17) is 10.8 Å². The summed E-state index contributed by atoms with van der Waals surface area (Å²) in [5.41, 5.74) is 5.17. The minimum absolute atomic E-state index is 0.175. The highest BCUT2D eigenvalue weighted by molar-refractivity contribution is 7.99. The first kappa shape index (κ1) is 11.7. The van der Waals surface area contributed by atoms with Crippen molar-refractivity contribution in [3.8, 4) is 0 Å². The van der Waals surface area contributed by atoms with E-state index in [0.29, 0.717) is 25.1 Å². The Balaban J connectivity index is 2.10. The van der Waals surface area contributed by atoms with Crippen molar-refractivity contribution in [3.63, 3.8) is 0 Å². The standard InChI is InChI=1S/C10H16N2O3S/c11-10(2-1-3-10)9(15)12-4-5-16-6-7(12)8(13)14/h7H,1-6,11H2,(H,13,14). The van der Waals surface area contributed by atoms with Gasteiger partial charge in [0.2, 0.25) is 5.91 Å². The maximum atomic E-state index is 12.1. The van der Waals surface area contributed by atoms with Crippen LogP contribution in [0.4, 0.5) is 0 Å². The van der Waals surface area contributed by atoms with Gasteiger partial charge in [-0.2, -0.15) is 11.8 Å². The molecule has 2 aliphatic rings. The Bertz CT molecular complexity index is 317. The van der Waals surface area contributed by atoms with E-state index in [1.165, 1.54) is 4.90 Å². The molecule has 2 fully saturated rings. The van der Waals surface area contributed by atoms with E-state index >= 15 is 0 Å². The first-order valence-electron chi connectivity index (χ1n) is 5.45. The molecule has 0 aromatic rings. The number of hydrogen-bond acceptors (Lipinski definition) is 4. The van der Waals surface area contributed by atoms with E-state index in [9.17, 15) is 9.59 Å². The predicted octanol–water partition coefficient (Wildman–Crippen LogP) is -0.104. The molecular weight excluding hydrogens is 228 g/mol. The lowest BCUT2D eigenvalue weighted by Crippen LogP contribution is -2.64. The summed E-state index contributed by atoms with van der Waals surface area (Å²) in [6.07, 6.45) is 2.33. The molecule has 6 heteroatoms. The molecule has 16 heavy (non-hydrogen) atoms. The van der Waals surface area contributed by atoms with Crippen LogP contribution in [0.25, 0.3) is 0 Å². The number of carboxylic acids is 1. The molecule has 1 unspecified atom stereocenters. The van der Waals surface area contributed by atoms with Gasteiger partial charge < -0.3 is 15.7 Å². The summed E-state index contributed by atoms with van der Waals surface area (Å²) in [5.74, 6) is 0.165. The number of aliphatic carboxylic acids is 1. The van der Waals surface area contributed by atoms with Crippen molar-refractivity contribution in [2.24, 2.45) is 5.73 Å². The van der Waals surface area contributed by atoms with Gasteiger partial charge in [-0.1, -0.05) is 0 Å². The van der Waals surface area contributed by atoms with Crippen LogP contribution >= 0.6 is 11.8 Å². The van der Waals surface area contributed by atoms with Crippen LogP contribution in [-0.4, -0.2) is 51.5 Å². The van der Waals surface area contributed by atoms with Crippen LogP contribution in [-0.2, 0) is 9.59 Å². The van der Waals surface area contributed by atoms with Crippen molar-refractivity contribution < 1.29 is 14.7 Å². The van der Waals surface area contributed by atoms with E-state index in [1.807, 2.05) is 0 Å². The fraction of sp³-hybridized carbons (Fsp3) is 0.800. The maximum absolute atomic E-state index is 12.1. The predicted molar refractivity (Wildman–Crippen MR) is 61.2 cm³/mol. The number of hydrogen-bond donors (Lipinski definition) is 2. The normalized spacial score (nSPS) is 28.3. The third-order valence-corrected chi connectivity index (χ3v) is 4.37. The van der Waals surface area contributed by atoms with Gasteiger partial charge in [0.15, 0.2) is 0 Å². The Morgan fingerprint density at radius 2 is 2.12 bits per heavy atom. The van der Waals surface area contributed by atoms with Crippen LogP contribution in [0.5, 0.6) is 0 Å². The Labute approximate surface area is 98.4 Å². The molecule has 1 amide bonds. The fourth-order valence-corrected chi connectivity index (χ4v) is 3.15. The number of nitrogens with zero attached hydrogens (tertiary/aromatic N) is 1. The van der Waals surface area contributed by atoms with Gasteiger partial charge >= 0.3 is 5.97 Å². The summed E-state index contributed by atoms with van der Waals surface area (Å²) in [4.78, 5) is 24.7. The van der Waals surface area contributed by atoms with Gasteiger partial charge in [0.1, 0.15) is 6.04 Å². The summed E-state index contributed by atoms with van der Waals surface area (Å²) in [5, 5.41) is 9.07. The third kappa shape index (κ3) is 1.91. The van der Waals surface area contributed by atoms with Crippen LogP contribution in [0, 0.1) is 0 Å². The van der Waals surface area contributed by atoms with Crippen LogP contribution in [0.2, 0.25) is 0 Å². The molecule has 0 aromatic heterocycles. The average Bonchev–Trinajstić information content (AvgIpc) is 2.25. The lowest BCUT2D eigenvalue weighted by Gasteiger charge is -2.43. The largest absolute Gasteiger partial charge is 0.480 e. The zero-order valence-corrected chi connectivity index (χ0v) is 9.83. The van der Waals surface area contributed by atoms with Crippen molar-refractivity contribution in [3.05, 3.63) is 0 Å². The van der Waals surface area contributed by atoms with Crippen molar-refractivity contribution >= 4 is 23.6 Å². The van der Waals surface area contributed by atoms with Crippen LogP contribution < -0.4 is 5.73 Å². The highest BCUT2D eigenvalue weighted by Crippen LogP contribution is 2.32. The first-order chi connectivity index (χ1) is 7.54. The second-order valence-corrected chi connectivity index (χ2v) is 5.59. The van der Waals surface area contributed by atoms with Crippen LogP contribution in [0.15, 0.2) is 0 Å². The van der Waals surface area contributed by atoms with Gasteiger partial charge in [-0.15, -0.1) is 0 Å². The molecule has 0 bridgehead atoms. The molecule has 5 nitrogen and oxygen atoms in total. The molecule has 2 rings (SSSR count). The SMILES string of the molecule is NC1(C(=O)N2CCSCC2C(=O)O)CCC1. The number of carbonyl (C=O) groups is 2. The molecule has 0 spiro atoms. The van der Waals surface area contributed by atoms with Crippen molar-refractivity contribution in [1.29, 1.82) is 0 Å². The summed E-state index contributed by atoms with van der Waals surface area (Å²) in [6, 6.07) is -0.702. The number of carbonyl (C=O) groups excluding carboxylic acids is 1. The number of thioether (sulfide) groups is 1. The number of nitrogens with two attached hydrogens (primary N) is 1. The Hall–Kier alpha value is -0.750. The summed E-state index contributed by atoms with van der Waals surface area (Å²) >= 11 is 1.57. The van der Waals surface area contributed by atoms with E-state index in [2.05, 4.69) is 0 Å². The van der Waals surface area contributed by atoms with Gasteiger partial charge in [-0.05, 0) is 19.3 Å². The Kier molecular flexibility index (Phi) is 3.12. The summed E-state index contributed by atoms with van der Waals surface area (Å²) in [7, 11) is 0. The molecule has 1 heterocycles. The Morgan fingerprint density at radius 3 is 2.62 bits per heavy atom. The Morgan fingerprint density at radius 1 is 1.44 bits per heavy atom. The van der Waals surface area contributed by atoms with Crippen molar-refractivity contribution in [2.75, 3.05) is 18.1 Å². The molecule has 1 saturated carbocycles. The second-order valence-electron chi connectivity index (χ2n) is 4.44. The second kappa shape index (κ2) is 4.25. The summed E-state index contributed by atoms with van der Waals surface area (Å²) < 4.78 is 0. The monoisotopic (exact) mass is 244 g/mol. The molecule has 90 valence electrons. The third-order valence-electron chi connectivity index (χ3n) is 3.35. The minimum atomic E-state index is -0.927. The van der Waals surface area contributed by atoms with Gasteiger partial charge in [-0.25, -0.2) is 4.79 Å². The highest BCUT2D eigenvalue weighted by atomic mass is 32.2. The van der Waals surface area contributed by atoms with Gasteiger partial charge in [0.25, 0.3) is 0 Å². The molecule has 0 radical (unpaired) electrons. The van der Waals surface area contributed by atoms with Gasteiger partial charge in [0, 0.05) is 18.1 Å². The lowest BCUT2D eigenvalue weighted by atomic mass is 9.76. The van der Waals surface area contributed by atoms with E-state index < -0.39 is 17.6 Å². The molecular formula is C10H16N2O3S. The number of carboxylic acid groups (broad SMARTS) is 1. The molecule has 0 aromatic carbocycles. The topological polar surface area (TPSA) is 83.6 Å². The van der Waals surface area contributed by atoms with Gasteiger partial charge in [0.05, 0.1) is 5.54 Å². The van der Waals surface area contributed by atoms with E-state index in [0.717, 1.165) is 12.2 Å². The molecule has 1 aliphatic heterocycles. The number of rotatable bonds is 2. The van der Waals surface area contributed by atoms with Crippen LogP contribution in [0.1, 0.15) is 19.3 Å². The number of amides is 1. The molecule has 3 N–H and O–H groups in total. The average molecular weight is 244 g/mol. The van der Waals surface area contributed by atoms with Crippen LogP contribution in [0.3, 0.4) is 0 Å². The quantitative estimate of drug-likeness (QED) is 0.708. The maximum Gasteiger partial charge on any atom is 0.327 e. The van der Waals surface area contributed by atoms with Crippen molar-refractivity contribution in [1.82, 2.24) is 4.90 Å². The molecule has 1 atom stereocenters. The van der Waals surface area contributed by atoms with E-state index in [-0.39, 0.29) is 5.91 Å². The smallest absolute Gasteiger partial charge is 0.327 e. The highest BCUT2D eigenvalue weighted by Gasteiger charge is 2.46. The lowest BCUT2D eigenvalue weighted by molar-refractivity contribution is -0.153. The first-order valence-corrected chi connectivity index (χ1v) is 6.60. The van der Waals surface area contributed by atoms with Gasteiger partial charge in [-0.3, -0.25) is 4.79 Å². The summed E-state index contributed by atoms with van der Waals surface area (Å²) in [6.45, 7) is 0.499.